The van der Waals surface area contributed by atoms with Crippen LogP contribution in [0.3, 0.4) is 0 Å². The maximum atomic E-state index is 12.7. The minimum absolute atomic E-state index is 0.272. The number of thiazole rings is 1. The van der Waals surface area contributed by atoms with Gasteiger partial charge >= 0.3 is 0 Å². The number of carbonyl (C=O) groups excluding carboxylic acids is 1. The second kappa shape index (κ2) is 8.38. The molecule has 5 nitrogen and oxygen atoms in total. The SMILES string of the molecule is CCc1csc(-c2ccc(N3CCN(C(=O)C4CCCCC4)CC3)nc2)n1. The molecule has 0 bridgehead atoms. The number of rotatable bonds is 4. The van der Waals surface area contributed by atoms with Crippen LogP contribution in [0.5, 0.6) is 0 Å². The van der Waals surface area contributed by atoms with Crippen molar-refractivity contribution in [3.05, 3.63) is 29.4 Å². The van der Waals surface area contributed by atoms with Gasteiger partial charge < -0.3 is 9.80 Å². The number of aryl methyl sites for hydroxylation is 1. The number of carbonyl (C=O) groups is 1. The van der Waals surface area contributed by atoms with Crippen LogP contribution in [-0.2, 0) is 11.2 Å². The molecule has 1 aliphatic carbocycles. The first-order chi connectivity index (χ1) is 13.2. The quantitative estimate of drug-likeness (QED) is 0.800. The fraction of sp³-hybridized carbons (Fsp3) is 0.571. The number of amides is 1. The molecule has 6 heteroatoms. The van der Waals surface area contributed by atoms with Gasteiger partial charge in [-0.2, -0.15) is 0 Å². The van der Waals surface area contributed by atoms with E-state index in [0.717, 1.165) is 67.5 Å². The molecule has 0 aromatic carbocycles. The normalized spacial score (nSPS) is 18.7. The molecule has 0 atom stereocenters. The fourth-order valence-electron chi connectivity index (χ4n) is 4.07. The van der Waals surface area contributed by atoms with E-state index in [1.54, 1.807) is 11.3 Å². The number of aromatic nitrogens is 2. The predicted octanol–water partition coefficient (Wildman–Crippen LogP) is 4.00. The maximum Gasteiger partial charge on any atom is 0.225 e. The average molecular weight is 385 g/mol. The van der Waals surface area contributed by atoms with Gasteiger partial charge in [0.05, 0.1) is 5.69 Å². The molecule has 0 N–H and O–H groups in total. The molecule has 3 heterocycles. The van der Waals surface area contributed by atoms with E-state index in [9.17, 15) is 4.79 Å². The van der Waals surface area contributed by atoms with Gasteiger partial charge in [-0.25, -0.2) is 9.97 Å². The van der Waals surface area contributed by atoms with Crippen LogP contribution in [0.15, 0.2) is 23.7 Å². The molecule has 1 saturated carbocycles. The third-order valence-electron chi connectivity index (χ3n) is 5.78. The third-order valence-corrected chi connectivity index (χ3v) is 6.72. The Hall–Kier alpha value is -1.95. The number of hydrogen-bond donors (Lipinski definition) is 0. The van der Waals surface area contributed by atoms with Crippen LogP contribution in [0.25, 0.3) is 10.6 Å². The number of anilines is 1. The van der Waals surface area contributed by atoms with Gasteiger partial charge in [-0.05, 0) is 31.4 Å². The van der Waals surface area contributed by atoms with Crippen molar-refractivity contribution in [3.8, 4) is 10.6 Å². The molecule has 1 amide bonds. The maximum absolute atomic E-state index is 12.7. The Labute approximate surface area is 165 Å². The van der Waals surface area contributed by atoms with Crippen molar-refractivity contribution in [2.45, 2.75) is 45.4 Å². The number of hydrogen-bond acceptors (Lipinski definition) is 5. The molecular formula is C21H28N4OS. The monoisotopic (exact) mass is 384 g/mol. The van der Waals surface area contributed by atoms with Crippen LogP contribution in [0.2, 0.25) is 0 Å². The first-order valence-electron chi connectivity index (χ1n) is 10.2. The summed E-state index contributed by atoms with van der Waals surface area (Å²) < 4.78 is 0. The summed E-state index contributed by atoms with van der Waals surface area (Å²) in [5.41, 5.74) is 2.22. The van der Waals surface area contributed by atoms with Gasteiger partial charge in [0.1, 0.15) is 10.8 Å². The largest absolute Gasteiger partial charge is 0.353 e. The van der Waals surface area contributed by atoms with E-state index < -0.39 is 0 Å². The topological polar surface area (TPSA) is 49.3 Å². The minimum Gasteiger partial charge on any atom is -0.353 e. The van der Waals surface area contributed by atoms with E-state index in [4.69, 9.17) is 0 Å². The van der Waals surface area contributed by atoms with Crippen molar-refractivity contribution >= 4 is 23.1 Å². The zero-order valence-electron chi connectivity index (χ0n) is 16.1. The Kier molecular flexibility index (Phi) is 5.72. The Morgan fingerprint density at radius 1 is 1.15 bits per heavy atom. The van der Waals surface area contributed by atoms with E-state index in [2.05, 4.69) is 44.2 Å². The van der Waals surface area contributed by atoms with Gasteiger partial charge in [-0.3, -0.25) is 4.79 Å². The van der Waals surface area contributed by atoms with Crippen LogP contribution in [-0.4, -0.2) is 47.0 Å². The Bertz CT molecular complexity index is 759. The van der Waals surface area contributed by atoms with Crippen molar-refractivity contribution in [1.82, 2.24) is 14.9 Å². The van der Waals surface area contributed by atoms with Crippen molar-refractivity contribution < 1.29 is 4.79 Å². The van der Waals surface area contributed by atoms with E-state index in [-0.39, 0.29) is 5.92 Å². The second-order valence-electron chi connectivity index (χ2n) is 7.55. The van der Waals surface area contributed by atoms with Crippen molar-refractivity contribution in [1.29, 1.82) is 0 Å². The molecular weight excluding hydrogens is 356 g/mol. The summed E-state index contributed by atoms with van der Waals surface area (Å²) in [4.78, 5) is 26.4. The van der Waals surface area contributed by atoms with Crippen LogP contribution < -0.4 is 4.90 Å². The molecule has 1 saturated heterocycles. The number of pyridine rings is 1. The van der Waals surface area contributed by atoms with Gasteiger partial charge in [0.25, 0.3) is 0 Å². The van der Waals surface area contributed by atoms with Crippen molar-refractivity contribution in [2.24, 2.45) is 5.92 Å². The van der Waals surface area contributed by atoms with Gasteiger partial charge in [-0.1, -0.05) is 26.2 Å². The van der Waals surface area contributed by atoms with Gasteiger partial charge in [0.2, 0.25) is 5.91 Å². The molecule has 2 aromatic rings. The molecule has 0 radical (unpaired) electrons. The molecule has 1 aliphatic heterocycles. The summed E-state index contributed by atoms with van der Waals surface area (Å²) >= 11 is 1.68. The lowest BCUT2D eigenvalue weighted by atomic mass is 9.88. The fourth-order valence-corrected chi connectivity index (χ4v) is 4.96. The average Bonchev–Trinajstić information content (AvgIpc) is 3.23. The molecule has 0 spiro atoms. The zero-order chi connectivity index (χ0) is 18.6. The molecule has 0 unspecified atom stereocenters. The van der Waals surface area contributed by atoms with E-state index in [1.807, 2.05) is 6.20 Å². The van der Waals surface area contributed by atoms with Crippen LogP contribution >= 0.6 is 11.3 Å². The summed E-state index contributed by atoms with van der Waals surface area (Å²) in [7, 11) is 0. The first kappa shape index (κ1) is 18.4. The molecule has 2 fully saturated rings. The molecule has 4 rings (SSSR count). The highest BCUT2D eigenvalue weighted by Gasteiger charge is 2.28. The van der Waals surface area contributed by atoms with Gasteiger partial charge in [0.15, 0.2) is 0 Å². The number of nitrogens with zero attached hydrogens (tertiary/aromatic N) is 4. The lowest BCUT2D eigenvalue weighted by Gasteiger charge is -2.37. The predicted molar refractivity (Wildman–Crippen MR) is 110 cm³/mol. The highest BCUT2D eigenvalue weighted by atomic mass is 32.1. The Morgan fingerprint density at radius 3 is 2.56 bits per heavy atom. The van der Waals surface area contributed by atoms with Crippen molar-refractivity contribution in [2.75, 3.05) is 31.1 Å². The van der Waals surface area contributed by atoms with E-state index >= 15 is 0 Å². The standard InChI is InChI=1S/C21H28N4OS/c1-2-18-15-27-20(23-18)17-8-9-19(22-14-17)24-10-12-25(13-11-24)21(26)16-6-4-3-5-7-16/h8-9,14-16H,2-7,10-13H2,1H3. The van der Waals surface area contributed by atoms with E-state index in [0.29, 0.717) is 5.91 Å². The molecule has 2 aromatic heterocycles. The van der Waals surface area contributed by atoms with Crippen LogP contribution in [0, 0.1) is 5.92 Å². The van der Waals surface area contributed by atoms with Crippen LogP contribution in [0.4, 0.5) is 5.82 Å². The molecule has 27 heavy (non-hydrogen) atoms. The molecule has 144 valence electrons. The lowest BCUT2D eigenvalue weighted by molar-refractivity contribution is -0.136. The first-order valence-corrected chi connectivity index (χ1v) is 11.1. The summed E-state index contributed by atoms with van der Waals surface area (Å²) in [6, 6.07) is 4.20. The lowest BCUT2D eigenvalue weighted by Crippen LogP contribution is -2.50. The Morgan fingerprint density at radius 2 is 1.93 bits per heavy atom. The summed E-state index contributed by atoms with van der Waals surface area (Å²) in [6.07, 6.45) is 8.77. The smallest absolute Gasteiger partial charge is 0.225 e. The number of piperazine rings is 1. The van der Waals surface area contributed by atoms with Crippen molar-refractivity contribution in [3.63, 3.8) is 0 Å². The van der Waals surface area contributed by atoms with Gasteiger partial charge in [0, 0.05) is 49.2 Å². The zero-order valence-corrected chi connectivity index (χ0v) is 16.9. The summed E-state index contributed by atoms with van der Waals surface area (Å²) in [5.74, 6) is 1.65. The minimum atomic E-state index is 0.272. The summed E-state index contributed by atoms with van der Waals surface area (Å²) in [5, 5.41) is 3.15. The Balaban J connectivity index is 1.34. The summed E-state index contributed by atoms with van der Waals surface area (Å²) in [6.45, 7) is 5.47. The van der Waals surface area contributed by atoms with Crippen LogP contribution in [0.1, 0.15) is 44.7 Å². The highest BCUT2D eigenvalue weighted by Crippen LogP contribution is 2.27. The third kappa shape index (κ3) is 4.15. The van der Waals surface area contributed by atoms with E-state index in [1.165, 1.54) is 19.3 Å². The highest BCUT2D eigenvalue weighted by molar-refractivity contribution is 7.13. The molecule has 2 aliphatic rings. The van der Waals surface area contributed by atoms with Gasteiger partial charge in [-0.15, -0.1) is 11.3 Å². The second-order valence-corrected chi connectivity index (χ2v) is 8.41.